The molecular weight excluding hydrogens is 355 g/mol. The van der Waals surface area contributed by atoms with Crippen molar-refractivity contribution < 1.29 is 4.79 Å². The van der Waals surface area contributed by atoms with Gasteiger partial charge in [0.15, 0.2) is 0 Å². The van der Waals surface area contributed by atoms with Crippen molar-refractivity contribution in [3.05, 3.63) is 33.8 Å². The maximum atomic E-state index is 12.5. The van der Waals surface area contributed by atoms with E-state index in [4.69, 9.17) is 28.9 Å². The van der Waals surface area contributed by atoms with Gasteiger partial charge in [0.2, 0.25) is 5.91 Å². The number of amides is 1. The zero-order chi connectivity index (χ0) is 15.9. The molecule has 23 heavy (non-hydrogen) atoms. The van der Waals surface area contributed by atoms with Crippen molar-refractivity contribution in [1.82, 2.24) is 4.90 Å². The molecule has 0 aromatic heterocycles. The van der Waals surface area contributed by atoms with E-state index in [1.807, 2.05) is 17.0 Å². The average molecular weight is 380 g/mol. The van der Waals surface area contributed by atoms with Gasteiger partial charge in [-0.2, -0.15) is 0 Å². The van der Waals surface area contributed by atoms with Crippen LogP contribution in [0.15, 0.2) is 18.2 Å². The Morgan fingerprint density at radius 2 is 1.83 bits per heavy atom. The first kappa shape index (κ1) is 20.6. The lowest BCUT2D eigenvalue weighted by Gasteiger charge is -2.23. The van der Waals surface area contributed by atoms with E-state index in [0.29, 0.717) is 29.1 Å². The predicted octanol–water partition coefficient (Wildman–Crippen LogP) is 4.82. The van der Waals surface area contributed by atoms with Crippen LogP contribution >= 0.6 is 35.6 Å². The third-order valence-electron chi connectivity index (χ3n) is 3.99. The second kappa shape index (κ2) is 10.4. The van der Waals surface area contributed by atoms with Crippen molar-refractivity contribution in [3.8, 4) is 0 Å². The Labute approximate surface area is 154 Å². The first-order chi connectivity index (χ1) is 10.6. The van der Waals surface area contributed by atoms with Crippen LogP contribution in [0.25, 0.3) is 0 Å². The molecule has 1 aliphatic rings. The van der Waals surface area contributed by atoms with Crippen molar-refractivity contribution >= 4 is 41.5 Å². The lowest BCUT2D eigenvalue weighted by atomic mass is 10.1. The Kier molecular flexibility index (Phi) is 9.30. The monoisotopic (exact) mass is 378 g/mol. The van der Waals surface area contributed by atoms with Crippen LogP contribution in [-0.4, -0.2) is 23.4 Å². The molecule has 3 nitrogen and oxygen atoms in total. The number of nitrogens with zero attached hydrogens (tertiary/aromatic N) is 1. The van der Waals surface area contributed by atoms with Crippen LogP contribution in [0.5, 0.6) is 0 Å². The average Bonchev–Trinajstić information content (AvgIpc) is 3.32. The number of hydrogen-bond acceptors (Lipinski definition) is 2. The lowest BCUT2D eigenvalue weighted by Crippen LogP contribution is -2.32. The number of nitrogens with two attached hydrogens (primary N) is 1. The Bertz CT molecular complexity index is 507. The Morgan fingerprint density at radius 3 is 2.43 bits per heavy atom. The number of benzene rings is 1. The summed E-state index contributed by atoms with van der Waals surface area (Å²) in [6.07, 6.45) is 7.03. The summed E-state index contributed by atoms with van der Waals surface area (Å²) in [6.45, 7) is 1.36. The van der Waals surface area contributed by atoms with Crippen LogP contribution in [0, 0.1) is 0 Å². The highest BCUT2D eigenvalue weighted by molar-refractivity contribution is 6.42. The Balaban J connectivity index is 0.00000264. The standard InChI is InChI=1S/C17H24Cl2N2O.ClH/c18-15-9-6-13(11-16(15)19)12-21(14-7-8-14)17(22)5-3-1-2-4-10-20;/h6,9,11,14H,1-5,7-8,10,12,20H2;1H. The second-order valence-corrected chi connectivity index (χ2v) is 6.77. The van der Waals surface area contributed by atoms with Crippen LogP contribution < -0.4 is 5.73 Å². The van der Waals surface area contributed by atoms with Crippen LogP contribution in [0.4, 0.5) is 0 Å². The van der Waals surface area contributed by atoms with Gasteiger partial charge in [-0.25, -0.2) is 0 Å². The maximum Gasteiger partial charge on any atom is 0.223 e. The van der Waals surface area contributed by atoms with E-state index < -0.39 is 0 Å². The number of carbonyl (C=O) groups is 1. The minimum atomic E-state index is 0. The van der Waals surface area contributed by atoms with Gasteiger partial charge in [0.05, 0.1) is 10.0 Å². The Hall–Kier alpha value is -0.480. The van der Waals surface area contributed by atoms with E-state index in [2.05, 4.69) is 0 Å². The highest BCUT2D eigenvalue weighted by Crippen LogP contribution is 2.30. The van der Waals surface area contributed by atoms with Gasteiger partial charge in [-0.1, -0.05) is 42.1 Å². The predicted molar refractivity (Wildman–Crippen MR) is 99.4 cm³/mol. The van der Waals surface area contributed by atoms with Gasteiger partial charge in [0.1, 0.15) is 0 Å². The maximum absolute atomic E-state index is 12.5. The molecule has 1 amide bonds. The molecule has 0 atom stereocenters. The molecule has 1 saturated carbocycles. The van der Waals surface area contributed by atoms with E-state index in [1.54, 1.807) is 6.07 Å². The molecule has 130 valence electrons. The molecule has 2 rings (SSSR count). The normalized spacial score (nSPS) is 13.5. The summed E-state index contributed by atoms with van der Waals surface area (Å²) in [5.74, 6) is 0.251. The topological polar surface area (TPSA) is 46.3 Å². The van der Waals surface area contributed by atoms with Crippen molar-refractivity contribution in [2.24, 2.45) is 5.73 Å². The van der Waals surface area contributed by atoms with Gasteiger partial charge >= 0.3 is 0 Å². The molecule has 1 fully saturated rings. The first-order valence-corrected chi connectivity index (χ1v) is 8.81. The van der Waals surface area contributed by atoms with Gasteiger partial charge in [0.25, 0.3) is 0 Å². The molecule has 6 heteroatoms. The van der Waals surface area contributed by atoms with E-state index in [1.165, 1.54) is 0 Å². The van der Waals surface area contributed by atoms with E-state index >= 15 is 0 Å². The molecule has 0 radical (unpaired) electrons. The lowest BCUT2D eigenvalue weighted by molar-refractivity contribution is -0.132. The van der Waals surface area contributed by atoms with E-state index in [0.717, 1.165) is 50.6 Å². The van der Waals surface area contributed by atoms with Crippen LogP contribution in [-0.2, 0) is 11.3 Å². The summed E-state index contributed by atoms with van der Waals surface area (Å²) in [4.78, 5) is 14.5. The number of halogens is 3. The van der Waals surface area contributed by atoms with E-state index in [9.17, 15) is 4.79 Å². The molecule has 0 heterocycles. The number of rotatable bonds is 9. The molecule has 0 spiro atoms. The van der Waals surface area contributed by atoms with Crippen molar-refractivity contribution in [2.45, 2.75) is 57.5 Å². The third-order valence-corrected chi connectivity index (χ3v) is 4.73. The number of unbranched alkanes of at least 4 members (excludes halogenated alkanes) is 3. The van der Waals surface area contributed by atoms with Gasteiger partial charge < -0.3 is 10.6 Å². The van der Waals surface area contributed by atoms with Gasteiger partial charge in [-0.3, -0.25) is 4.79 Å². The molecule has 1 aliphatic carbocycles. The van der Waals surface area contributed by atoms with Gasteiger partial charge in [-0.05, 0) is 49.9 Å². The first-order valence-electron chi connectivity index (χ1n) is 8.05. The molecule has 0 saturated heterocycles. The van der Waals surface area contributed by atoms with E-state index in [-0.39, 0.29) is 18.3 Å². The zero-order valence-corrected chi connectivity index (χ0v) is 15.6. The van der Waals surface area contributed by atoms with Crippen LogP contribution in [0.3, 0.4) is 0 Å². The fourth-order valence-corrected chi connectivity index (χ4v) is 2.88. The summed E-state index contributed by atoms with van der Waals surface area (Å²) < 4.78 is 0. The molecular formula is C17H25Cl3N2O. The zero-order valence-electron chi connectivity index (χ0n) is 13.3. The summed E-state index contributed by atoms with van der Waals surface area (Å²) in [6, 6.07) is 6.00. The summed E-state index contributed by atoms with van der Waals surface area (Å²) in [7, 11) is 0. The molecule has 0 aliphatic heterocycles. The minimum absolute atomic E-state index is 0. The van der Waals surface area contributed by atoms with Crippen LogP contribution in [0.1, 0.15) is 50.5 Å². The molecule has 1 aromatic carbocycles. The summed E-state index contributed by atoms with van der Waals surface area (Å²) >= 11 is 12.0. The fraction of sp³-hybridized carbons (Fsp3) is 0.588. The summed E-state index contributed by atoms with van der Waals surface area (Å²) in [5, 5.41) is 1.10. The minimum Gasteiger partial charge on any atom is -0.335 e. The van der Waals surface area contributed by atoms with Gasteiger partial charge in [0, 0.05) is 19.0 Å². The number of carbonyl (C=O) groups excluding carboxylic acids is 1. The third kappa shape index (κ3) is 6.88. The van der Waals surface area contributed by atoms with Crippen molar-refractivity contribution in [3.63, 3.8) is 0 Å². The Morgan fingerprint density at radius 1 is 1.13 bits per heavy atom. The molecule has 0 bridgehead atoms. The highest BCUT2D eigenvalue weighted by atomic mass is 35.5. The fourth-order valence-electron chi connectivity index (χ4n) is 2.56. The quantitative estimate of drug-likeness (QED) is 0.625. The molecule has 1 aromatic rings. The highest BCUT2D eigenvalue weighted by Gasteiger charge is 2.32. The smallest absolute Gasteiger partial charge is 0.223 e. The SMILES string of the molecule is Cl.NCCCCCCC(=O)N(Cc1ccc(Cl)c(Cl)c1)C1CC1. The van der Waals surface area contributed by atoms with Crippen LogP contribution in [0.2, 0.25) is 10.0 Å². The molecule has 2 N–H and O–H groups in total. The molecule has 0 unspecified atom stereocenters. The van der Waals surface area contributed by atoms with Gasteiger partial charge in [-0.15, -0.1) is 12.4 Å². The van der Waals surface area contributed by atoms with Crippen molar-refractivity contribution in [2.75, 3.05) is 6.54 Å². The second-order valence-electron chi connectivity index (χ2n) is 5.95. The largest absolute Gasteiger partial charge is 0.335 e. The number of hydrogen-bond donors (Lipinski definition) is 1. The van der Waals surface area contributed by atoms with Crippen molar-refractivity contribution in [1.29, 1.82) is 0 Å². The summed E-state index contributed by atoms with van der Waals surface area (Å²) in [5.41, 5.74) is 6.52.